The summed E-state index contributed by atoms with van der Waals surface area (Å²) in [7, 11) is 0. The molecular weight excluding hydrogens is 1710 g/mol. The summed E-state index contributed by atoms with van der Waals surface area (Å²) in [6.45, 7) is 19.0. The molecule has 0 saturated heterocycles. The minimum atomic E-state index is -0.0403. The van der Waals surface area contributed by atoms with Crippen molar-refractivity contribution in [1.29, 1.82) is 0 Å². The van der Waals surface area contributed by atoms with Crippen molar-refractivity contribution in [1.82, 2.24) is 0 Å². The highest BCUT2D eigenvalue weighted by atomic mass is 16.3. The highest BCUT2D eigenvalue weighted by Gasteiger charge is 2.23. The van der Waals surface area contributed by atoms with Gasteiger partial charge in [-0.25, -0.2) is 0 Å². The number of unbranched alkanes of at least 4 members (excludes halogenated alkanes) is 5. The van der Waals surface area contributed by atoms with Crippen LogP contribution in [0.15, 0.2) is 322 Å². The molecule has 36 N–H and O–H groups in total. The quantitative estimate of drug-likeness (QED) is 0.0180. The topological polar surface area (TPSA) is 497 Å². The molecular formula is C118H140N16O4. The average Bonchev–Trinajstić information content (AvgIpc) is 0.807. The molecule has 0 amide bonds. The minimum absolute atomic E-state index is 0.0221. The zero-order valence-corrected chi connectivity index (χ0v) is 81.1. The maximum Gasteiger partial charge on any atom is 0.139 e. The van der Waals surface area contributed by atoms with Gasteiger partial charge in [-0.05, 0) is 355 Å². The second kappa shape index (κ2) is 51.1. The Labute approximate surface area is 815 Å². The lowest BCUT2D eigenvalue weighted by Gasteiger charge is -2.26. The number of anilines is 16. The Balaban J connectivity index is 0.000000177. The Morgan fingerprint density at radius 3 is 0.826 bits per heavy atom. The van der Waals surface area contributed by atoms with Crippen LogP contribution in [0.5, 0.6) is 23.0 Å². The lowest BCUT2D eigenvalue weighted by atomic mass is 9.78. The van der Waals surface area contributed by atoms with Gasteiger partial charge in [0.2, 0.25) is 0 Å². The molecule has 0 aliphatic heterocycles. The number of rotatable bonds is 21. The van der Waals surface area contributed by atoms with Crippen LogP contribution in [-0.2, 0) is 43.9 Å². The van der Waals surface area contributed by atoms with E-state index in [1.165, 1.54) is 123 Å². The smallest absolute Gasteiger partial charge is 0.139 e. The number of phenolic OH excluding ortho intramolecular Hbond substituents is 4. The van der Waals surface area contributed by atoms with Crippen molar-refractivity contribution in [2.75, 3.05) is 91.7 Å². The number of nitrogens with two attached hydrogens (primary N) is 16. The molecule has 20 heteroatoms. The minimum Gasteiger partial charge on any atom is -0.507 e. The third kappa shape index (κ3) is 33.3. The van der Waals surface area contributed by atoms with Crippen LogP contribution in [0.4, 0.5) is 91.0 Å². The van der Waals surface area contributed by atoms with Gasteiger partial charge in [0.1, 0.15) is 23.0 Å². The fourth-order valence-corrected chi connectivity index (χ4v) is 15.6. The van der Waals surface area contributed by atoms with Crippen molar-refractivity contribution < 1.29 is 20.4 Å². The molecule has 0 aromatic heterocycles. The summed E-state index contributed by atoms with van der Waals surface area (Å²) >= 11 is 0. The molecule has 0 spiro atoms. The first-order chi connectivity index (χ1) is 65.7. The molecule has 0 fully saturated rings. The zero-order chi connectivity index (χ0) is 100. The molecule has 0 aliphatic rings. The van der Waals surface area contributed by atoms with Crippen LogP contribution in [0.3, 0.4) is 0 Å². The molecule has 16 rings (SSSR count). The SMILES string of the molecule is CC(C)(c1ccc(N)cc1)c1ccc(N)cc1.CCCCCCCCc1cc(Cc2ccc(N)cc2)ccc1N.Cc1cc(Cc2cc(C)c(N)c(C)c2)cc(C)c1N.Cc1cc(Cc2ccc(N)c(C)c2)ccc1N.Nc1ccc(-c2ccc(N)c(O)c2)cc1O.Nc1ccc(-c2ccc(N)cc2O)c(O)c1.Nc1ccc(Cc2cccc(N)c2)cc1.Nc1cccc(Cc2cccc(N)c2)c1. The highest BCUT2D eigenvalue weighted by molar-refractivity contribution is 5.79. The van der Waals surface area contributed by atoms with E-state index in [9.17, 15) is 20.4 Å². The van der Waals surface area contributed by atoms with E-state index in [1.807, 2.05) is 141 Å². The molecule has 0 atom stereocenters. The van der Waals surface area contributed by atoms with Crippen molar-refractivity contribution in [3.63, 3.8) is 0 Å². The van der Waals surface area contributed by atoms with E-state index in [0.29, 0.717) is 33.9 Å². The molecule has 0 unspecified atom stereocenters. The fourth-order valence-electron chi connectivity index (χ4n) is 15.6. The molecule has 0 saturated carbocycles. The molecule has 0 aliphatic carbocycles. The van der Waals surface area contributed by atoms with E-state index in [4.69, 9.17) is 91.7 Å². The van der Waals surface area contributed by atoms with Gasteiger partial charge >= 0.3 is 0 Å². The van der Waals surface area contributed by atoms with Crippen LogP contribution in [0.1, 0.15) is 165 Å². The summed E-state index contributed by atoms with van der Waals surface area (Å²) in [4.78, 5) is 0. The first-order valence-electron chi connectivity index (χ1n) is 46.3. The Morgan fingerprint density at radius 1 is 0.217 bits per heavy atom. The van der Waals surface area contributed by atoms with Gasteiger partial charge in [0.15, 0.2) is 0 Å². The molecule has 16 aromatic rings. The summed E-state index contributed by atoms with van der Waals surface area (Å²) < 4.78 is 0. The van der Waals surface area contributed by atoms with Gasteiger partial charge in [0, 0.05) is 108 Å². The van der Waals surface area contributed by atoms with Crippen LogP contribution in [-0.4, -0.2) is 20.4 Å². The fraction of sp³-hybridized carbons (Fsp3) is 0.186. The van der Waals surface area contributed by atoms with E-state index < -0.39 is 0 Å². The first kappa shape index (κ1) is 105. The number of phenols is 4. The maximum absolute atomic E-state index is 9.72. The predicted molar refractivity (Wildman–Crippen MR) is 590 cm³/mol. The summed E-state index contributed by atoms with van der Waals surface area (Å²) in [6.07, 6.45) is 13.5. The normalized spacial score (nSPS) is 10.6. The van der Waals surface area contributed by atoms with Crippen LogP contribution in [0.2, 0.25) is 0 Å². The standard InChI is InChI=1S/C21H30N2.C17H22N2.2C15H18N2.2C13H14N2.2C12H12N2O2/c1-2-3-4-5-6-7-8-19-16-18(11-14-21(19)23)15-17-9-12-20(22)13-10-17;1-10-5-14(6-11(2)16(10)18)9-15-7-12(3)17(19)13(4)8-15;1-15(2,11-3-7-13(16)8-4-11)12-5-9-14(17)10-6-12;1-10-7-12(3-5-14(10)16)9-13-4-6-15(17)11(2)8-13;14-12-5-1-3-10(8-12)7-11-4-2-6-13(15)9-11;14-12-6-4-10(5-7-12)8-11-2-1-3-13(15)9-11;13-7-1-3-9(11(15)5-7)10-4-2-8(14)6-12(10)16;13-9-3-1-7(5-11(9)15)8-2-4-10(14)12(16)6-8/h9-14,16H,2-8,15,22-23H2,1H3;5-8H,9,18-19H2,1-4H3;3-10H,16-17H2,1-2H3;3-8H,9,16-17H2,1-2H3;1-6,8-9H,7,14-15H2;1-7,9H,8,14-15H2;2*1-6,15-16H,13-14H2. The average molecular weight is 1850 g/mol. The summed E-state index contributed by atoms with van der Waals surface area (Å²) in [5.74, 6) is 0.0998. The molecule has 0 bridgehead atoms. The number of nitrogen functional groups attached to an aromatic ring is 16. The van der Waals surface area contributed by atoms with E-state index >= 15 is 0 Å². The van der Waals surface area contributed by atoms with Crippen molar-refractivity contribution in [3.8, 4) is 45.3 Å². The largest absolute Gasteiger partial charge is 0.507 e. The van der Waals surface area contributed by atoms with Crippen molar-refractivity contribution >= 4 is 91.0 Å². The van der Waals surface area contributed by atoms with Gasteiger partial charge < -0.3 is 112 Å². The summed E-state index contributed by atoms with van der Waals surface area (Å²) in [5, 5.41) is 38.4. The molecule has 20 nitrogen and oxygen atoms in total. The van der Waals surface area contributed by atoms with Gasteiger partial charge in [0.25, 0.3) is 0 Å². The van der Waals surface area contributed by atoms with Crippen molar-refractivity contribution in [2.24, 2.45) is 0 Å². The number of aromatic hydroxyl groups is 4. The van der Waals surface area contributed by atoms with E-state index in [2.05, 4.69) is 170 Å². The number of benzene rings is 16. The van der Waals surface area contributed by atoms with Crippen LogP contribution < -0.4 is 91.7 Å². The van der Waals surface area contributed by atoms with Gasteiger partial charge in [-0.15, -0.1) is 0 Å². The Kier molecular flexibility index (Phi) is 39.0. The zero-order valence-electron chi connectivity index (χ0n) is 81.1. The van der Waals surface area contributed by atoms with Crippen molar-refractivity contribution in [3.05, 3.63) is 427 Å². The second-order valence-electron chi connectivity index (χ2n) is 35.8. The number of hydrogen-bond acceptors (Lipinski definition) is 20. The maximum atomic E-state index is 9.72. The molecule has 716 valence electrons. The highest BCUT2D eigenvalue weighted by Crippen LogP contribution is 2.39. The lowest BCUT2D eigenvalue weighted by molar-refractivity contribution is 0.469. The second-order valence-corrected chi connectivity index (χ2v) is 35.8. The Hall–Kier alpha value is -16.5. The van der Waals surface area contributed by atoms with E-state index in [0.717, 1.165) is 151 Å². The van der Waals surface area contributed by atoms with Gasteiger partial charge in [-0.1, -0.05) is 211 Å². The molecule has 16 aromatic carbocycles. The van der Waals surface area contributed by atoms with Crippen LogP contribution in [0, 0.1) is 41.5 Å². The molecule has 138 heavy (non-hydrogen) atoms. The van der Waals surface area contributed by atoms with Crippen LogP contribution in [0.25, 0.3) is 22.3 Å². The van der Waals surface area contributed by atoms with E-state index in [-0.39, 0.29) is 28.4 Å². The van der Waals surface area contributed by atoms with Gasteiger partial charge in [-0.3, -0.25) is 0 Å². The third-order valence-electron chi connectivity index (χ3n) is 23.8. The van der Waals surface area contributed by atoms with Crippen LogP contribution >= 0.6 is 0 Å². The monoisotopic (exact) mass is 1850 g/mol. The molecule has 0 heterocycles. The number of hydrogen-bond donors (Lipinski definition) is 20. The van der Waals surface area contributed by atoms with Gasteiger partial charge in [-0.2, -0.15) is 0 Å². The Morgan fingerprint density at radius 2 is 0.493 bits per heavy atom. The number of aryl methyl sites for hydroxylation is 7. The third-order valence-corrected chi connectivity index (χ3v) is 23.8. The van der Waals surface area contributed by atoms with E-state index in [1.54, 1.807) is 60.7 Å². The predicted octanol–water partition coefficient (Wildman–Crippen LogP) is 24.0. The molecule has 0 radical (unpaired) electrons. The summed E-state index contributed by atoms with van der Waals surface area (Å²) in [5.41, 5.74) is 129. The Bertz CT molecular complexity index is 6300. The van der Waals surface area contributed by atoms with Gasteiger partial charge in [0.05, 0.1) is 11.4 Å². The lowest BCUT2D eigenvalue weighted by Crippen LogP contribution is -2.18. The first-order valence-corrected chi connectivity index (χ1v) is 46.3. The summed E-state index contributed by atoms with van der Waals surface area (Å²) in [6, 6.07) is 103. The van der Waals surface area contributed by atoms with Crippen molar-refractivity contribution in [2.45, 2.75) is 145 Å².